The van der Waals surface area contributed by atoms with Gasteiger partial charge in [-0.1, -0.05) is 34.5 Å². The van der Waals surface area contributed by atoms with Crippen LogP contribution in [0.2, 0.25) is 5.02 Å². The molecule has 0 radical (unpaired) electrons. The number of carbonyl (C=O) groups excluding carboxylic acids is 3. The summed E-state index contributed by atoms with van der Waals surface area (Å²) in [5, 5.41) is 6.51. The lowest BCUT2D eigenvalue weighted by Gasteiger charge is -2.14. The second-order valence-electron chi connectivity index (χ2n) is 6.75. The Bertz CT molecular complexity index is 1110. The van der Waals surface area contributed by atoms with Gasteiger partial charge in [-0.15, -0.1) is 0 Å². The molecule has 9 heteroatoms. The van der Waals surface area contributed by atoms with Gasteiger partial charge in [-0.05, 0) is 61.9 Å². The van der Waals surface area contributed by atoms with E-state index >= 15 is 0 Å². The van der Waals surface area contributed by atoms with Crippen LogP contribution in [0.25, 0.3) is 10.9 Å². The summed E-state index contributed by atoms with van der Waals surface area (Å²) in [6, 6.07) is 13.5. The van der Waals surface area contributed by atoms with Crippen LogP contribution in [0, 0.1) is 0 Å². The average Bonchev–Trinajstić information content (AvgIpc) is 3.06. The molecule has 156 valence electrons. The summed E-state index contributed by atoms with van der Waals surface area (Å²) < 4.78 is 2.17. The number of hydrogen-bond donors (Lipinski definition) is 3. The van der Waals surface area contributed by atoms with Gasteiger partial charge in [-0.2, -0.15) is 0 Å². The van der Waals surface area contributed by atoms with Crippen molar-refractivity contribution in [2.75, 3.05) is 10.7 Å². The molecule has 0 fully saturated rings. The van der Waals surface area contributed by atoms with Crippen LogP contribution in [0.1, 0.15) is 30.8 Å². The van der Waals surface area contributed by atoms with E-state index in [9.17, 15) is 14.4 Å². The van der Waals surface area contributed by atoms with Gasteiger partial charge in [-0.25, -0.2) is 4.68 Å². The fourth-order valence-corrected chi connectivity index (χ4v) is 3.19. The van der Waals surface area contributed by atoms with E-state index in [1.54, 1.807) is 55.5 Å². The molecule has 0 spiro atoms. The number of halogens is 2. The second kappa shape index (κ2) is 9.32. The maximum atomic E-state index is 12.9. The molecule has 1 atom stereocenters. The molecule has 3 aromatic rings. The lowest BCUT2D eigenvalue weighted by molar-refractivity contribution is -0.137. The number of hydrogen-bond acceptors (Lipinski definition) is 3. The Balaban J connectivity index is 1.93. The first-order valence-corrected chi connectivity index (χ1v) is 10.5. The molecule has 0 aliphatic rings. The second-order valence-corrected chi connectivity index (χ2v) is 8.10. The fourth-order valence-electron chi connectivity index (χ4n) is 2.75. The van der Waals surface area contributed by atoms with Gasteiger partial charge in [0.25, 0.3) is 5.91 Å². The van der Waals surface area contributed by atoms with Gasteiger partial charge in [0.05, 0.1) is 5.52 Å². The molecular formula is C21H20BrClN4O3. The number of fused-ring (bicyclic) bond motifs is 1. The highest BCUT2D eigenvalue weighted by Gasteiger charge is 2.21. The van der Waals surface area contributed by atoms with E-state index in [1.807, 2.05) is 6.92 Å². The fraction of sp³-hybridized carbons (Fsp3) is 0.190. The van der Waals surface area contributed by atoms with Gasteiger partial charge in [-0.3, -0.25) is 19.8 Å². The number of carbonyl (C=O) groups is 3. The van der Waals surface area contributed by atoms with E-state index in [4.69, 9.17) is 11.6 Å². The molecule has 30 heavy (non-hydrogen) atoms. The van der Waals surface area contributed by atoms with E-state index in [2.05, 4.69) is 32.0 Å². The van der Waals surface area contributed by atoms with Crippen LogP contribution in [-0.2, 0) is 9.59 Å². The highest BCUT2D eigenvalue weighted by atomic mass is 79.9. The smallest absolute Gasteiger partial charge is 0.328 e. The van der Waals surface area contributed by atoms with Gasteiger partial charge in [0.2, 0.25) is 0 Å². The number of rotatable bonds is 5. The van der Waals surface area contributed by atoms with Crippen LogP contribution in [0.5, 0.6) is 0 Å². The molecule has 3 N–H and O–H groups in total. The lowest BCUT2D eigenvalue weighted by atomic mass is 10.2. The quantitative estimate of drug-likeness (QED) is 0.465. The predicted molar refractivity (Wildman–Crippen MR) is 121 cm³/mol. The van der Waals surface area contributed by atoms with E-state index in [-0.39, 0.29) is 11.7 Å². The normalized spacial score (nSPS) is 11.7. The zero-order valence-corrected chi connectivity index (χ0v) is 18.7. The Kier molecular flexibility index (Phi) is 6.79. The standard InChI is InChI=1S/C21H20BrClN4O3/c1-3-12(2)24-20(29)21(30)26-27-17-9-6-15(23)10-13(17)11-18(27)19(28)25-16-7-4-14(22)5-8-16/h4-12H,3H2,1-2H3,(H,24,29)(H,25,28)(H,26,30)/t12-/m0/s1. The molecule has 2 aromatic carbocycles. The van der Waals surface area contributed by atoms with Crippen LogP contribution in [-0.4, -0.2) is 28.4 Å². The highest BCUT2D eigenvalue weighted by molar-refractivity contribution is 9.10. The van der Waals surface area contributed by atoms with Gasteiger partial charge >= 0.3 is 11.8 Å². The maximum Gasteiger partial charge on any atom is 0.328 e. The molecule has 7 nitrogen and oxygen atoms in total. The van der Waals surface area contributed by atoms with Crippen molar-refractivity contribution in [3.8, 4) is 0 Å². The van der Waals surface area contributed by atoms with Crippen LogP contribution in [0.15, 0.2) is 53.0 Å². The van der Waals surface area contributed by atoms with E-state index in [1.165, 1.54) is 4.68 Å². The van der Waals surface area contributed by atoms with Crippen molar-refractivity contribution in [2.45, 2.75) is 26.3 Å². The summed E-state index contributed by atoms with van der Waals surface area (Å²) in [5.41, 5.74) is 3.78. The van der Waals surface area contributed by atoms with E-state index in [0.717, 1.165) is 4.47 Å². The SMILES string of the molecule is CC[C@H](C)NC(=O)C(=O)Nn1c(C(=O)Nc2ccc(Br)cc2)cc2cc(Cl)ccc21. The molecule has 0 aliphatic carbocycles. The van der Waals surface area contributed by atoms with Gasteiger partial charge in [0.15, 0.2) is 0 Å². The van der Waals surface area contributed by atoms with Crippen LogP contribution < -0.4 is 16.1 Å². The Morgan fingerprint density at radius 2 is 1.77 bits per heavy atom. The first-order chi connectivity index (χ1) is 14.3. The molecule has 3 rings (SSSR count). The lowest BCUT2D eigenvalue weighted by Crippen LogP contribution is -2.43. The summed E-state index contributed by atoms with van der Waals surface area (Å²) in [6.07, 6.45) is 0.685. The monoisotopic (exact) mass is 490 g/mol. The minimum Gasteiger partial charge on any atom is -0.345 e. The zero-order chi connectivity index (χ0) is 21.8. The molecule has 3 amide bonds. The van der Waals surface area contributed by atoms with Crippen LogP contribution in [0.4, 0.5) is 5.69 Å². The third-order valence-corrected chi connectivity index (χ3v) is 5.27. The van der Waals surface area contributed by atoms with Crippen LogP contribution >= 0.6 is 27.5 Å². The van der Waals surface area contributed by atoms with Crippen molar-refractivity contribution in [1.82, 2.24) is 9.99 Å². The largest absolute Gasteiger partial charge is 0.345 e. The summed E-state index contributed by atoms with van der Waals surface area (Å²) in [5.74, 6) is -2.10. The Morgan fingerprint density at radius 3 is 2.43 bits per heavy atom. The number of benzene rings is 2. The van der Waals surface area contributed by atoms with Gasteiger partial charge < -0.3 is 10.6 Å². The first-order valence-electron chi connectivity index (χ1n) is 9.28. The molecule has 0 bridgehead atoms. The minimum absolute atomic E-state index is 0.149. The Morgan fingerprint density at radius 1 is 1.07 bits per heavy atom. The Labute approximate surface area is 186 Å². The van der Waals surface area contributed by atoms with E-state index in [0.29, 0.717) is 28.0 Å². The summed E-state index contributed by atoms with van der Waals surface area (Å²) in [7, 11) is 0. The summed E-state index contributed by atoms with van der Waals surface area (Å²) in [6.45, 7) is 3.70. The molecule has 0 saturated carbocycles. The molecule has 0 aliphatic heterocycles. The van der Waals surface area contributed by atoms with Crippen molar-refractivity contribution in [3.05, 3.63) is 63.7 Å². The van der Waals surface area contributed by atoms with Crippen molar-refractivity contribution in [1.29, 1.82) is 0 Å². The zero-order valence-electron chi connectivity index (χ0n) is 16.3. The summed E-state index contributed by atoms with van der Waals surface area (Å²) in [4.78, 5) is 37.5. The minimum atomic E-state index is -0.875. The molecular weight excluding hydrogens is 472 g/mol. The molecule has 0 unspecified atom stereocenters. The molecule has 1 aromatic heterocycles. The van der Waals surface area contributed by atoms with Gasteiger partial charge in [0.1, 0.15) is 5.69 Å². The molecule has 1 heterocycles. The van der Waals surface area contributed by atoms with Gasteiger partial charge in [0, 0.05) is 26.6 Å². The number of anilines is 1. The number of nitrogens with zero attached hydrogens (tertiary/aromatic N) is 1. The van der Waals surface area contributed by atoms with Crippen molar-refractivity contribution < 1.29 is 14.4 Å². The number of nitrogens with one attached hydrogen (secondary N) is 3. The first kappa shape index (κ1) is 21.9. The van der Waals surface area contributed by atoms with Crippen molar-refractivity contribution >= 4 is 61.8 Å². The van der Waals surface area contributed by atoms with Crippen molar-refractivity contribution in [2.24, 2.45) is 0 Å². The summed E-state index contributed by atoms with van der Waals surface area (Å²) >= 11 is 9.41. The average molecular weight is 492 g/mol. The number of aromatic nitrogens is 1. The third-order valence-electron chi connectivity index (χ3n) is 4.51. The Hall–Kier alpha value is -2.84. The molecule has 0 saturated heterocycles. The topological polar surface area (TPSA) is 92.2 Å². The maximum absolute atomic E-state index is 12.9. The number of amides is 3. The third kappa shape index (κ3) is 5.01. The van der Waals surface area contributed by atoms with Crippen LogP contribution in [0.3, 0.4) is 0 Å². The van der Waals surface area contributed by atoms with Crippen molar-refractivity contribution in [3.63, 3.8) is 0 Å². The predicted octanol–water partition coefficient (Wildman–Crippen LogP) is 4.29. The van der Waals surface area contributed by atoms with E-state index < -0.39 is 17.7 Å². The highest BCUT2D eigenvalue weighted by Crippen LogP contribution is 2.24.